The van der Waals surface area contributed by atoms with Crippen molar-refractivity contribution in [1.82, 2.24) is 4.90 Å². The minimum absolute atomic E-state index is 0.0649. The van der Waals surface area contributed by atoms with E-state index in [2.05, 4.69) is 0 Å². The monoisotopic (exact) mass is 366 g/mol. The lowest BCUT2D eigenvalue weighted by Crippen LogP contribution is -2.39. The highest BCUT2D eigenvalue weighted by molar-refractivity contribution is 6.07. The van der Waals surface area contributed by atoms with Crippen LogP contribution in [-0.4, -0.2) is 47.4 Å². The number of benzene rings is 2. The number of fused-ring (bicyclic) bond motifs is 1. The molecule has 2 aliphatic heterocycles. The molecule has 2 aromatic rings. The Balaban J connectivity index is 1.54. The number of likely N-dealkylation sites (tertiary alicyclic amines) is 1. The van der Waals surface area contributed by atoms with Crippen LogP contribution in [0, 0.1) is 11.3 Å². The Labute approximate surface area is 157 Å². The Morgan fingerprint density at radius 2 is 1.89 bits per heavy atom. The molecule has 0 radical (unpaired) electrons. The van der Waals surface area contributed by atoms with Crippen LogP contribution >= 0.6 is 0 Å². The SMILES string of the molecule is CC1(C(=O)O)CCN(C(=O)C2CC(=O)N(c3cccc4ccccc34)C2)C1. The number of anilines is 1. The van der Waals surface area contributed by atoms with Crippen LogP contribution in [0.25, 0.3) is 10.8 Å². The lowest BCUT2D eigenvalue weighted by Gasteiger charge is -2.23. The second kappa shape index (κ2) is 6.37. The zero-order chi connectivity index (χ0) is 19.2. The van der Waals surface area contributed by atoms with Crippen LogP contribution in [0.15, 0.2) is 42.5 Å². The topological polar surface area (TPSA) is 77.9 Å². The molecule has 140 valence electrons. The number of hydrogen-bond acceptors (Lipinski definition) is 3. The molecular formula is C21H22N2O4. The van der Waals surface area contributed by atoms with Crippen LogP contribution in [0.5, 0.6) is 0 Å². The fourth-order valence-electron chi connectivity index (χ4n) is 4.13. The highest BCUT2D eigenvalue weighted by Gasteiger charge is 2.45. The minimum atomic E-state index is -0.895. The normalized spacial score (nSPS) is 25.4. The maximum atomic E-state index is 12.9. The largest absolute Gasteiger partial charge is 0.481 e. The molecule has 0 bridgehead atoms. The first kappa shape index (κ1) is 17.5. The van der Waals surface area contributed by atoms with E-state index in [4.69, 9.17) is 0 Å². The molecule has 0 spiro atoms. The molecule has 2 unspecified atom stereocenters. The van der Waals surface area contributed by atoms with Gasteiger partial charge >= 0.3 is 5.97 Å². The van der Waals surface area contributed by atoms with Gasteiger partial charge in [0.2, 0.25) is 11.8 Å². The molecule has 2 amide bonds. The first-order chi connectivity index (χ1) is 12.9. The van der Waals surface area contributed by atoms with Crippen molar-refractivity contribution in [2.45, 2.75) is 19.8 Å². The number of amides is 2. The van der Waals surface area contributed by atoms with Crippen molar-refractivity contribution in [2.75, 3.05) is 24.5 Å². The van der Waals surface area contributed by atoms with E-state index >= 15 is 0 Å². The van der Waals surface area contributed by atoms with Crippen LogP contribution in [0.2, 0.25) is 0 Å². The zero-order valence-corrected chi connectivity index (χ0v) is 15.2. The number of carboxylic acids is 1. The van der Waals surface area contributed by atoms with E-state index in [1.165, 1.54) is 0 Å². The molecule has 6 nitrogen and oxygen atoms in total. The molecule has 1 N–H and O–H groups in total. The van der Waals surface area contributed by atoms with Crippen molar-refractivity contribution in [1.29, 1.82) is 0 Å². The number of hydrogen-bond donors (Lipinski definition) is 1. The quantitative estimate of drug-likeness (QED) is 0.905. The highest BCUT2D eigenvalue weighted by Crippen LogP contribution is 2.35. The Bertz CT molecular complexity index is 935. The van der Waals surface area contributed by atoms with Crippen LogP contribution < -0.4 is 4.90 Å². The van der Waals surface area contributed by atoms with Gasteiger partial charge in [-0.3, -0.25) is 14.4 Å². The Hall–Kier alpha value is -2.89. The summed E-state index contributed by atoms with van der Waals surface area (Å²) in [5.74, 6) is -1.48. The lowest BCUT2D eigenvalue weighted by molar-refractivity contribution is -0.147. The van der Waals surface area contributed by atoms with Crippen LogP contribution in [-0.2, 0) is 14.4 Å². The van der Waals surface area contributed by atoms with Gasteiger partial charge in [0.15, 0.2) is 0 Å². The van der Waals surface area contributed by atoms with Gasteiger partial charge in [-0.05, 0) is 24.8 Å². The summed E-state index contributed by atoms with van der Waals surface area (Å²) in [5.41, 5.74) is -0.0710. The summed E-state index contributed by atoms with van der Waals surface area (Å²) in [7, 11) is 0. The molecule has 0 saturated carbocycles. The first-order valence-electron chi connectivity index (χ1n) is 9.19. The highest BCUT2D eigenvalue weighted by atomic mass is 16.4. The molecule has 6 heteroatoms. The van der Waals surface area contributed by atoms with Crippen molar-refractivity contribution in [3.63, 3.8) is 0 Å². The van der Waals surface area contributed by atoms with Gasteiger partial charge in [0.25, 0.3) is 0 Å². The van der Waals surface area contributed by atoms with E-state index in [1.807, 2.05) is 42.5 Å². The fourth-order valence-corrected chi connectivity index (χ4v) is 4.13. The molecule has 2 aliphatic rings. The van der Waals surface area contributed by atoms with E-state index in [1.54, 1.807) is 16.7 Å². The standard InChI is InChI=1S/C21H22N2O4/c1-21(20(26)27)9-10-22(13-21)19(25)15-11-18(24)23(12-15)17-8-4-6-14-5-2-3-7-16(14)17/h2-8,15H,9-13H2,1H3,(H,26,27). The summed E-state index contributed by atoms with van der Waals surface area (Å²) in [6.07, 6.45) is 0.615. The summed E-state index contributed by atoms with van der Waals surface area (Å²) >= 11 is 0. The molecule has 4 rings (SSSR count). The first-order valence-corrected chi connectivity index (χ1v) is 9.19. The molecule has 2 fully saturated rings. The summed E-state index contributed by atoms with van der Waals surface area (Å²) in [6.45, 7) is 2.65. The van der Waals surface area contributed by atoms with E-state index < -0.39 is 17.3 Å². The van der Waals surface area contributed by atoms with Gasteiger partial charge in [-0.1, -0.05) is 36.4 Å². The Kier molecular flexibility index (Phi) is 4.13. The summed E-state index contributed by atoms with van der Waals surface area (Å²) in [5, 5.41) is 11.4. The van der Waals surface area contributed by atoms with Crippen LogP contribution in [0.1, 0.15) is 19.8 Å². The Morgan fingerprint density at radius 3 is 2.63 bits per heavy atom. The second-order valence-electron chi connectivity index (χ2n) is 7.78. The zero-order valence-electron chi connectivity index (χ0n) is 15.2. The van der Waals surface area contributed by atoms with Gasteiger partial charge in [-0.15, -0.1) is 0 Å². The molecule has 2 atom stereocenters. The lowest BCUT2D eigenvalue weighted by atomic mass is 9.90. The van der Waals surface area contributed by atoms with Gasteiger partial charge in [-0.25, -0.2) is 0 Å². The Morgan fingerprint density at radius 1 is 1.15 bits per heavy atom. The van der Waals surface area contributed by atoms with Gasteiger partial charge in [-0.2, -0.15) is 0 Å². The molecule has 0 aliphatic carbocycles. The second-order valence-corrected chi connectivity index (χ2v) is 7.78. The van der Waals surface area contributed by atoms with Gasteiger partial charge < -0.3 is 14.9 Å². The molecule has 27 heavy (non-hydrogen) atoms. The van der Waals surface area contributed by atoms with E-state index in [9.17, 15) is 19.5 Å². The van der Waals surface area contributed by atoms with E-state index in [0.717, 1.165) is 16.5 Å². The fraction of sp³-hybridized carbons (Fsp3) is 0.381. The number of rotatable bonds is 3. The summed E-state index contributed by atoms with van der Waals surface area (Å²) < 4.78 is 0. The van der Waals surface area contributed by atoms with Crippen molar-refractivity contribution in [3.8, 4) is 0 Å². The maximum Gasteiger partial charge on any atom is 0.311 e. The molecule has 2 saturated heterocycles. The predicted molar refractivity (Wildman–Crippen MR) is 101 cm³/mol. The van der Waals surface area contributed by atoms with Gasteiger partial charge in [0, 0.05) is 31.4 Å². The van der Waals surface area contributed by atoms with Gasteiger partial charge in [0.05, 0.1) is 17.0 Å². The van der Waals surface area contributed by atoms with Crippen molar-refractivity contribution >= 4 is 34.2 Å². The van der Waals surface area contributed by atoms with Crippen molar-refractivity contribution in [3.05, 3.63) is 42.5 Å². The molecule has 0 aromatic heterocycles. The third kappa shape index (κ3) is 2.95. The summed E-state index contributed by atoms with van der Waals surface area (Å²) in [6, 6.07) is 13.7. The van der Waals surface area contributed by atoms with Crippen molar-refractivity contribution < 1.29 is 19.5 Å². The predicted octanol–water partition coefficient (Wildman–Crippen LogP) is 2.52. The molecule has 2 aromatic carbocycles. The van der Waals surface area contributed by atoms with Crippen LogP contribution in [0.4, 0.5) is 5.69 Å². The number of carboxylic acid groups (broad SMARTS) is 1. The minimum Gasteiger partial charge on any atom is -0.481 e. The average molecular weight is 366 g/mol. The average Bonchev–Trinajstić information content (AvgIpc) is 3.25. The summed E-state index contributed by atoms with van der Waals surface area (Å²) in [4.78, 5) is 40.3. The number of aliphatic carboxylic acids is 1. The third-order valence-electron chi connectivity index (χ3n) is 5.83. The van der Waals surface area contributed by atoms with Crippen molar-refractivity contribution in [2.24, 2.45) is 11.3 Å². The smallest absolute Gasteiger partial charge is 0.311 e. The van der Waals surface area contributed by atoms with Crippen LogP contribution in [0.3, 0.4) is 0 Å². The molecular weight excluding hydrogens is 344 g/mol. The number of carbonyl (C=O) groups is 3. The number of carbonyl (C=O) groups excluding carboxylic acids is 2. The van der Waals surface area contributed by atoms with E-state index in [-0.39, 0.29) is 24.8 Å². The van der Waals surface area contributed by atoms with Gasteiger partial charge in [0.1, 0.15) is 0 Å². The number of nitrogens with zero attached hydrogens (tertiary/aromatic N) is 2. The third-order valence-corrected chi connectivity index (χ3v) is 5.83. The maximum absolute atomic E-state index is 12.9. The van der Waals surface area contributed by atoms with E-state index in [0.29, 0.717) is 19.5 Å². The molecule has 2 heterocycles.